The molecule has 1 saturated heterocycles. The molecule has 0 bridgehead atoms. The van der Waals surface area contributed by atoms with E-state index in [4.69, 9.17) is 5.26 Å². The quantitative estimate of drug-likeness (QED) is 0.941. The predicted octanol–water partition coefficient (Wildman–Crippen LogP) is 2.54. The van der Waals surface area contributed by atoms with E-state index in [1.807, 2.05) is 6.07 Å². The van der Waals surface area contributed by atoms with Crippen molar-refractivity contribution in [3.8, 4) is 6.07 Å². The monoisotopic (exact) mass is 285 g/mol. The van der Waals surface area contributed by atoms with Gasteiger partial charge in [-0.15, -0.1) is 0 Å². The van der Waals surface area contributed by atoms with Gasteiger partial charge >= 0.3 is 0 Å². The molecular formula is C15H16FN5. The van der Waals surface area contributed by atoms with Crippen molar-refractivity contribution in [2.45, 2.75) is 31.8 Å². The first-order valence-corrected chi connectivity index (χ1v) is 7.06. The number of piperidine rings is 1. The van der Waals surface area contributed by atoms with Crippen LogP contribution in [-0.4, -0.2) is 26.6 Å². The Balaban J connectivity index is 1.80. The number of hydrogen-bond acceptors (Lipinski definition) is 4. The first-order valence-electron chi connectivity index (χ1n) is 7.06. The highest BCUT2D eigenvalue weighted by Gasteiger charge is 2.26. The molecular weight excluding hydrogens is 269 g/mol. The van der Waals surface area contributed by atoms with Crippen LogP contribution < -0.4 is 0 Å². The number of halogens is 1. The SMILES string of the molecule is N#Cc1ccc(CN2CCCC[C@@H]2c2ncn[nH]2)c(F)c1. The zero-order valence-corrected chi connectivity index (χ0v) is 11.6. The molecule has 108 valence electrons. The van der Waals surface area contributed by atoms with E-state index in [-0.39, 0.29) is 11.9 Å². The average molecular weight is 285 g/mol. The topological polar surface area (TPSA) is 68.6 Å². The normalized spacial score (nSPS) is 19.3. The van der Waals surface area contributed by atoms with Crippen molar-refractivity contribution in [2.75, 3.05) is 6.54 Å². The number of rotatable bonds is 3. The number of hydrogen-bond donors (Lipinski definition) is 1. The molecule has 21 heavy (non-hydrogen) atoms. The average Bonchev–Trinajstić information content (AvgIpc) is 3.04. The first-order chi connectivity index (χ1) is 10.3. The maximum atomic E-state index is 14.0. The van der Waals surface area contributed by atoms with Crippen molar-refractivity contribution in [1.29, 1.82) is 5.26 Å². The fourth-order valence-electron chi connectivity index (χ4n) is 2.83. The maximum absolute atomic E-state index is 14.0. The van der Waals surface area contributed by atoms with Gasteiger partial charge in [-0.05, 0) is 31.5 Å². The second kappa shape index (κ2) is 6.02. The van der Waals surface area contributed by atoms with Gasteiger partial charge in [0.1, 0.15) is 18.0 Å². The van der Waals surface area contributed by atoms with Crippen LogP contribution in [0.25, 0.3) is 0 Å². The molecule has 0 saturated carbocycles. The number of aromatic nitrogens is 3. The summed E-state index contributed by atoms with van der Waals surface area (Å²) < 4.78 is 14.0. The molecule has 0 unspecified atom stereocenters. The standard InChI is InChI=1S/C15H16FN5/c16-13-7-11(8-17)4-5-12(13)9-21-6-2-1-3-14(21)15-18-10-19-20-15/h4-5,7,10,14H,1-3,6,9H2,(H,18,19,20)/t14-/m1/s1. The number of H-pyrrole nitrogens is 1. The van der Waals surface area contributed by atoms with E-state index in [2.05, 4.69) is 20.1 Å². The molecule has 1 aliphatic rings. The van der Waals surface area contributed by atoms with E-state index in [9.17, 15) is 4.39 Å². The summed E-state index contributed by atoms with van der Waals surface area (Å²) in [6, 6.07) is 6.75. The van der Waals surface area contributed by atoms with Crippen LogP contribution in [0, 0.1) is 17.1 Å². The lowest BCUT2D eigenvalue weighted by molar-refractivity contribution is 0.132. The second-order valence-electron chi connectivity index (χ2n) is 5.27. The van der Waals surface area contributed by atoms with E-state index in [0.717, 1.165) is 31.6 Å². The summed E-state index contributed by atoms with van der Waals surface area (Å²) in [7, 11) is 0. The number of benzene rings is 1. The fraction of sp³-hybridized carbons (Fsp3) is 0.400. The highest BCUT2D eigenvalue weighted by molar-refractivity contribution is 5.32. The molecule has 2 heterocycles. The molecule has 1 aromatic carbocycles. The molecule has 0 aliphatic carbocycles. The summed E-state index contributed by atoms with van der Waals surface area (Å²) in [5.41, 5.74) is 0.960. The third-order valence-corrected chi connectivity index (χ3v) is 3.92. The third-order valence-electron chi connectivity index (χ3n) is 3.92. The lowest BCUT2D eigenvalue weighted by Crippen LogP contribution is -2.33. The predicted molar refractivity (Wildman–Crippen MR) is 74.5 cm³/mol. The molecule has 2 aromatic rings. The van der Waals surface area contributed by atoms with Crippen molar-refractivity contribution >= 4 is 0 Å². The van der Waals surface area contributed by atoms with Gasteiger partial charge in [0.15, 0.2) is 0 Å². The molecule has 6 heteroatoms. The number of nitrogens with one attached hydrogen (secondary N) is 1. The maximum Gasteiger partial charge on any atom is 0.141 e. The Morgan fingerprint density at radius 3 is 3.05 bits per heavy atom. The van der Waals surface area contributed by atoms with E-state index in [0.29, 0.717) is 17.7 Å². The van der Waals surface area contributed by atoms with E-state index in [1.165, 1.54) is 12.4 Å². The Hall–Kier alpha value is -2.26. The lowest BCUT2D eigenvalue weighted by atomic mass is 10.00. The summed E-state index contributed by atoms with van der Waals surface area (Å²) in [4.78, 5) is 6.45. The minimum atomic E-state index is -0.323. The number of nitrogens with zero attached hydrogens (tertiary/aromatic N) is 4. The Bertz CT molecular complexity index is 647. The van der Waals surface area contributed by atoms with Crippen LogP contribution in [-0.2, 0) is 6.54 Å². The third kappa shape index (κ3) is 2.93. The Morgan fingerprint density at radius 1 is 1.43 bits per heavy atom. The number of likely N-dealkylation sites (tertiary alicyclic amines) is 1. The largest absolute Gasteiger partial charge is 0.289 e. The van der Waals surface area contributed by atoms with Crippen LogP contribution >= 0.6 is 0 Å². The van der Waals surface area contributed by atoms with Crippen molar-refractivity contribution in [1.82, 2.24) is 20.1 Å². The molecule has 1 aliphatic heterocycles. The zero-order chi connectivity index (χ0) is 14.7. The van der Waals surface area contributed by atoms with Crippen LogP contribution in [0.3, 0.4) is 0 Å². The highest BCUT2D eigenvalue weighted by atomic mass is 19.1. The highest BCUT2D eigenvalue weighted by Crippen LogP contribution is 2.30. The minimum Gasteiger partial charge on any atom is -0.289 e. The Morgan fingerprint density at radius 2 is 2.33 bits per heavy atom. The van der Waals surface area contributed by atoms with E-state index < -0.39 is 0 Å². The molecule has 1 aromatic heterocycles. The van der Waals surface area contributed by atoms with Gasteiger partial charge in [0.05, 0.1) is 17.7 Å². The van der Waals surface area contributed by atoms with Gasteiger partial charge < -0.3 is 0 Å². The first kappa shape index (κ1) is 13.7. The van der Waals surface area contributed by atoms with Gasteiger partial charge in [-0.3, -0.25) is 10.00 Å². The van der Waals surface area contributed by atoms with Gasteiger partial charge in [-0.25, -0.2) is 9.37 Å². The van der Waals surface area contributed by atoms with Crippen LogP contribution in [0.4, 0.5) is 4.39 Å². The lowest BCUT2D eigenvalue weighted by Gasteiger charge is -2.34. The zero-order valence-electron chi connectivity index (χ0n) is 11.6. The van der Waals surface area contributed by atoms with E-state index in [1.54, 1.807) is 12.1 Å². The van der Waals surface area contributed by atoms with Crippen LogP contribution in [0.15, 0.2) is 24.5 Å². The van der Waals surface area contributed by atoms with Gasteiger partial charge in [0, 0.05) is 12.1 Å². The summed E-state index contributed by atoms with van der Waals surface area (Å²) in [5.74, 6) is 0.514. The molecule has 1 fully saturated rings. The second-order valence-corrected chi connectivity index (χ2v) is 5.27. The van der Waals surface area contributed by atoms with Crippen molar-refractivity contribution < 1.29 is 4.39 Å². The molecule has 0 radical (unpaired) electrons. The van der Waals surface area contributed by atoms with Crippen molar-refractivity contribution in [3.63, 3.8) is 0 Å². The van der Waals surface area contributed by atoms with Crippen LogP contribution in [0.2, 0.25) is 0 Å². The smallest absolute Gasteiger partial charge is 0.141 e. The van der Waals surface area contributed by atoms with Crippen molar-refractivity contribution in [2.24, 2.45) is 0 Å². The summed E-state index contributed by atoms with van der Waals surface area (Å²) in [6.45, 7) is 1.42. The molecule has 1 N–H and O–H groups in total. The Kier molecular flexibility index (Phi) is 3.93. The van der Waals surface area contributed by atoms with E-state index >= 15 is 0 Å². The molecule has 1 atom stereocenters. The number of aromatic amines is 1. The van der Waals surface area contributed by atoms with Gasteiger partial charge in [-0.1, -0.05) is 12.5 Å². The van der Waals surface area contributed by atoms with Crippen molar-refractivity contribution in [3.05, 3.63) is 47.3 Å². The summed E-state index contributed by atoms with van der Waals surface area (Å²) in [6.07, 6.45) is 4.73. The van der Waals surface area contributed by atoms with Gasteiger partial charge in [0.25, 0.3) is 0 Å². The number of nitriles is 1. The molecule has 3 rings (SSSR count). The van der Waals surface area contributed by atoms with Crippen LogP contribution in [0.5, 0.6) is 0 Å². The van der Waals surface area contributed by atoms with Gasteiger partial charge in [-0.2, -0.15) is 10.4 Å². The Labute approximate surface area is 122 Å². The van der Waals surface area contributed by atoms with Crippen LogP contribution in [0.1, 0.15) is 42.3 Å². The molecule has 5 nitrogen and oxygen atoms in total. The summed E-state index contributed by atoms with van der Waals surface area (Å²) >= 11 is 0. The molecule has 0 amide bonds. The fourth-order valence-corrected chi connectivity index (χ4v) is 2.83. The summed E-state index contributed by atoms with van der Waals surface area (Å²) in [5, 5.41) is 15.6. The molecule has 0 spiro atoms. The minimum absolute atomic E-state index is 0.149. The van der Waals surface area contributed by atoms with Gasteiger partial charge in [0.2, 0.25) is 0 Å².